The fraction of sp³-hybridized carbons (Fsp3) is 0.917. The van der Waals surface area contributed by atoms with Crippen LogP contribution in [0.4, 0.5) is 0 Å². The van der Waals surface area contributed by atoms with E-state index in [4.69, 9.17) is 5.11 Å². The Balaban J connectivity index is 0. The van der Waals surface area contributed by atoms with Crippen LogP contribution < -0.4 is 0 Å². The number of carbonyl (C=O) groups is 1. The smallest absolute Gasteiger partial charge is 0.309 e. The summed E-state index contributed by atoms with van der Waals surface area (Å²) in [4.78, 5) is 10.5. The molecule has 0 atom stereocenters. The molecule has 0 aromatic heterocycles. The van der Waals surface area contributed by atoms with E-state index in [1.807, 2.05) is 13.8 Å². The molecule has 0 heterocycles. The van der Waals surface area contributed by atoms with Gasteiger partial charge in [-0.3, -0.25) is 4.79 Å². The fourth-order valence-corrected chi connectivity index (χ4v) is 0.247. The first kappa shape index (κ1) is 15.9. The van der Waals surface area contributed by atoms with Gasteiger partial charge in [0.15, 0.2) is 0 Å². The van der Waals surface area contributed by atoms with Crippen molar-refractivity contribution < 1.29 is 9.90 Å². The summed E-state index contributed by atoms with van der Waals surface area (Å²) < 4.78 is 0. The van der Waals surface area contributed by atoms with Crippen LogP contribution in [-0.2, 0) is 4.79 Å². The number of rotatable bonds is 3. The van der Waals surface area contributed by atoms with Gasteiger partial charge >= 0.3 is 5.97 Å². The van der Waals surface area contributed by atoms with Gasteiger partial charge < -0.3 is 5.11 Å². The van der Waals surface area contributed by atoms with Gasteiger partial charge in [0.2, 0.25) is 0 Å². The van der Waals surface area contributed by atoms with Crippen LogP contribution in [0.3, 0.4) is 0 Å². The second-order valence-electron chi connectivity index (χ2n) is 4.98. The van der Waals surface area contributed by atoms with E-state index in [0.29, 0.717) is 0 Å². The van der Waals surface area contributed by atoms with Gasteiger partial charge in [-0.15, -0.1) is 0 Å². The van der Waals surface area contributed by atoms with Crippen molar-refractivity contribution in [2.45, 2.75) is 54.9 Å². The van der Waals surface area contributed by atoms with Crippen LogP contribution in [0, 0.1) is 17.3 Å². The zero-order valence-corrected chi connectivity index (χ0v) is 10.7. The van der Waals surface area contributed by atoms with Gasteiger partial charge in [-0.1, -0.05) is 41.0 Å². The van der Waals surface area contributed by atoms with Crippen molar-refractivity contribution in [2.75, 3.05) is 0 Å². The van der Waals surface area contributed by atoms with E-state index in [1.54, 1.807) is 13.8 Å². The molecule has 0 unspecified atom stereocenters. The third kappa shape index (κ3) is 6.93. The van der Waals surface area contributed by atoms with Gasteiger partial charge in [-0.2, -0.15) is 0 Å². The largest absolute Gasteiger partial charge is 0.481 e. The second kappa shape index (κ2) is 6.86. The molecule has 0 saturated heterocycles. The summed E-state index contributed by atoms with van der Waals surface area (Å²) in [7, 11) is 0. The highest BCUT2D eigenvalue weighted by Crippen LogP contribution is 2.25. The molecule has 0 aromatic rings. The summed E-state index contributed by atoms with van der Waals surface area (Å²) in [5.74, 6) is 0.350. The van der Waals surface area contributed by atoms with Crippen LogP contribution in [-0.4, -0.2) is 11.1 Å². The molecule has 0 aromatic carbocycles. The van der Waals surface area contributed by atoms with Crippen molar-refractivity contribution in [2.24, 2.45) is 17.3 Å². The molecule has 0 aliphatic carbocycles. The normalized spacial score (nSPS) is 11.2. The lowest BCUT2D eigenvalue weighted by molar-refractivity contribution is -0.149. The van der Waals surface area contributed by atoms with Gasteiger partial charge in [0.05, 0.1) is 5.41 Å². The van der Waals surface area contributed by atoms with E-state index in [2.05, 4.69) is 20.8 Å². The molecule has 0 saturated carbocycles. The number of carboxylic acids is 1. The number of hydrogen-bond donors (Lipinski definition) is 1. The zero-order valence-electron chi connectivity index (χ0n) is 10.7. The topological polar surface area (TPSA) is 37.3 Å². The molecule has 2 heteroatoms. The van der Waals surface area contributed by atoms with E-state index in [0.717, 1.165) is 5.92 Å². The Kier molecular flexibility index (Phi) is 7.80. The Morgan fingerprint density at radius 2 is 1.50 bits per heavy atom. The molecule has 0 bridgehead atoms. The standard InChI is InChI=1S/C7H14O2.C5H12/c1-5(2)7(3,4)6(8)9;1-4-5(2)3/h5H,1-4H3,(H,8,9);5H,4H2,1-3H3. The minimum absolute atomic E-state index is 0.190. The average molecular weight is 202 g/mol. The van der Waals surface area contributed by atoms with E-state index >= 15 is 0 Å². The highest BCUT2D eigenvalue weighted by Gasteiger charge is 2.30. The predicted molar refractivity (Wildman–Crippen MR) is 61.4 cm³/mol. The van der Waals surface area contributed by atoms with E-state index in [1.165, 1.54) is 6.42 Å². The molecule has 0 fully saturated rings. The summed E-state index contributed by atoms with van der Waals surface area (Å²) >= 11 is 0. The maximum Gasteiger partial charge on any atom is 0.309 e. The lowest BCUT2D eigenvalue weighted by Crippen LogP contribution is -2.29. The van der Waals surface area contributed by atoms with E-state index < -0.39 is 11.4 Å². The molecule has 0 aliphatic rings. The first-order valence-electron chi connectivity index (χ1n) is 5.39. The van der Waals surface area contributed by atoms with Crippen LogP contribution in [0.1, 0.15) is 54.9 Å². The minimum Gasteiger partial charge on any atom is -0.481 e. The molecule has 2 nitrogen and oxygen atoms in total. The van der Waals surface area contributed by atoms with Crippen molar-refractivity contribution in [3.05, 3.63) is 0 Å². The third-order valence-electron chi connectivity index (χ3n) is 2.81. The highest BCUT2D eigenvalue weighted by molar-refractivity contribution is 5.73. The summed E-state index contributed by atoms with van der Waals surface area (Å²) in [6.07, 6.45) is 1.31. The van der Waals surface area contributed by atoms with Gasteiger partial charge in [0.25, 0.3) is 0 Å². The Hall–Kier alpha value is -0.530. The predicted octanol–water partition coefficient (Wildman–Crippen LogP) is 3.81. The highest BCUT2D eigenvalue weighted by atomic mass is 16.4. The van der Waals surface area contributed by atoms with Crippen LogP contribution in [0.25, 0.3) is 0 Å². The van der Waals surface area contributed by atoms with Crippen molar-refractivity contribution in [3.63, 3.8) is 0 Å². The second-order valence-corrected chi connectivity index (χ2v) is 4.98. The van der Waals surface area contributed by atoms with E-state index in [9.17, 15) is 4.79 Å². The Labute approximate surface area is 88.7 Å². The number of hydrogen-bond acceptors (Lipinski definition) is 1. The van der Waals surface area contributed by atoms with Crippen molar-refractivity contribution in [1.82, 2.24) is 0 Å². The van der Waals surface area contributed by atoms with Crippen LogP contribution in [0.2, 0.25) is 0 Å². The van der Waals surface area contributed by atoms with Crippen LogP contribution in [0.5, 0.6) is 0 Å². The SMILES string of the molecule is CC(C)C(C)(C)C(=O)O.CCC(C)C. The van der Waals surface area contributed by atoms with E-state index in [-0.39, 0.29) is 5.92 Å². The average Bonchev–Trinajstić information content (AvgIpc) is 2.04. The minimum atomic E-state index is -0.725. The number of aliphatic carboxylic acids is 1. The Bertz CT molecular complexity index is 158. The quantitative estimate of drug-likeness (QED) is 0.755. The molecule has 0 rings (SSSR count). The molecule has 0 spiro atoms. The fourth-order valence-electron chi connectivity index (χ4n) is 0.247. The van der Waals surface area contributed by atoms with Crippen LogP contribution >= 0.6 is 0 Å². The first-order chi connectivity index (χ1) is 6.16. The maximum atomic E-state index is 10.5. The summed E-state index contributed by atoms with van der Waals surface area (Å²) in [5.41, 5.74) is -0.583. The first-order valence-corrected chi connectivity index (χ1v) is 5.39. The molecule has 0 radical (unpaired) electrons. The molecule has 1 N–H and O–H groups in total. The molecular formula is C12H26O2. The van der Waals surface area contributed by atoms with Gasteiger partial charge in [0, 0.05) is 0 Å². The molecule has 86 valence electrons. The molecule has 14 heavy (non-hydrogen) atoms. The summed E-state index contributed by atoms with van der Waals surface area (Å²) in [6.45, 7) is 13.9. The lowest BCUT2D eigenvalue weighted by atomic mass is 9.81. The molecule has 0 aliphatic heterocycles. The molecule has 0 amide bonds. The summed E-state index contributed by atoms with van der Waals surface area (Å²) in [6, 6.07) is 0. The Morgan fingerprint density at radius 1 is 1.21 bits per heavy atom. The molecular weight excluding hydrogens is 176 g/mol. The Morgan fingerprint density at radius 3 is 1.50 bits per heavy atom. The van der Waals surface area contributed by atoms with Crippen molar-refractivity contribution in [1.29, 1.82) is 0 Å². The third-order valence-corrected chi connectivity index (χ3v) is 2.81. The lowest BCUT2D eigenvalue weighted by Gasteiger charge is -2.22. The van der Waals surface area contributed by atoms with Gasteiger partial charge in [0.1, 0.15) is 0 Å². The van der Waals surface area contributed by atoms with Crippen LogP contribution in [0.15, 0.2) is 0 Å². The maximum absolute atomic E-state index is 10.5. The monoisotopic (exact) mass is 202 g/mol. The zero-order chi connectivity index (χ0) is 11.9. The van der Waals surface area contributed by atoms with Gasteiger partial charge in [-0.05, 0) is 25.7 Å². The van der Waals surface area contributed by atoms with Gasteiger partial charge in [-0.25, -0.2) is 0 Å². The number of carboxylic acid groups (broad SMARTS) is 1. The summed E-state index contributed by atoms with van der Waals surface area (Å²) in [5, 5.41) is 8.61. The van der Waals surface area contributed by atoms with Crippen molar-refractivity contribution >= 4 is 5.97 Å². The van der Waals surface area contributed by atoms with Crippen molar-refractivity contribution in [3.8, 4) is 0 Å².